The van der Waals surface area contributed by atoms with Crippen molar-refractivity contribution in [1.82, 2.24) is 14.3 Å². The van der Waals surface area contributed by atoms with Gasteiger partial charge in [-0.3, -0.25) is 9.78 Å². The number of hydrogen-bond donors (Lipinski definition) is 0. The van der Waals surface area contributed by atoms with E-state index in [1.165, 1.54) is 0 Å². The number of ether oxygens (including phenoxy) is 1. The van der Waals surface area contributed by atoms with Crippen molar-refractivity contribution >= 4 is 11.4 Å². The van der Waals surface area contributed by atoms with Crippen LogP contribution >= 0.6 is 0 Å². The van der Waals surface area contributed by atoms with Crippen LogP contribution in [-0.2, 0) is 16.0 Å². The Hall–Kier alpha value is -3.44. The molecule has 5 rings (SSSR count). The van der Waals surface area contributed by atoms with Crippen LogP contribution in [0.2, 0.25) is 0 Å². The second kappa shape index (κ2) is 9.37. The molecular formula is C27H27N3O2. The van der Waals surface area contributed by atoms with Crippen LogP contribution in [0.5, 0.6) is 0 Å². The summed E-state index contributed by atoms with van der Waals surface area (Å²) in [6.07, 6.45) is 6.61. The zero-order valence-electron chi connectivity index (χ0n) is 18.0. The zero-order chi connectivity index (χ0) is 21.8. The fourth-order valence-electron chi connectivity index (χ4n) is 4.62. The van der Waals surface area contributed by atoms with E-state index in [9.17, 15) is 4.79 Å². The van der Waals surface area contributed by atoms with Gasteiger partial charge in [0, 0.05) is 37.6 Å². The highest BCUT2D eigenvalue weighted by Crippen LogP contribution is 2.28. The number of rotatable bonds is 5. The first kappa shape index (κ1) is 20.5. The molecule has 1 amide bonds. The van der Waals surface area contributed by atoms with Gasteiger partial charge in [0.1, 0.15) is 0 Å². The smallest absolute Gasteiger partial charge is 0.234 e. The third-order valence-electron chi connectivity index (χ3n) is 6.18. The van der Waals surface area contributed by atoms with Gasteiger partial charge >= 0.3 is 0 Å². The van der Waals surface area contributed by atoms with E-state index in [-0.39, 0.29) is 17.7 Å². The van der Waals surface area contributed by atoms with Crippen LogP contribution in [0.4, 0.5) is 0 Å². The van der Waals surface area contributed by atoms with Gasteiger partial charge in [-0.15, -0.1) is 0 Å². The molecule has 1 aliphatic heterocycles. The van der Waals surface area contributed by atoms with E-state index >= 15 is 0 Å². The summed E-state index contributed by atoms with van der Waals surface area (Å²) < 4.78 is 8.00. The molecule has 32 heavy (non-hydrogen) atoms. The van der Waals surface area contributed by atoms with E-state index < -0.39 is 0 Å². The second-order valence-corrected chi connectivity index (χ2v) is 8.36. The number of carbonyl (C=O) groups excluding carboxylic acids is 1. The number of benzene rings is 2. The summed E-state index contributed by atoms with van der Waals surface area (Å²) in [6, 6.07) is 24.2. The Morgan fingerprint density at radius 1 is 0.969 bits per heavy atom. The van der Waals surface area contributed by atoms with Crippen LogP contribution in [-0.4, -0.2) is 46.5 Å². The molecule has 0 saturated carbocycles. The molecule has 4 aromatic rings. The Bertz CT molecular complexity index is 1130. The Morgan fingerprint density at radius 3 is 2.41 bits per heavy atom. The van der Waals surface area contributed by atoms with Gasteiger partial charge in [-0.2, -0.15) is 0 Å². The lowest BCUT2D eigenvalue weighted by molar-refractivity contribution is -0.132. The van der Waals surface area contributed by atoms with E-state index in [0.717, 1.165) is 28.8 Å². The molecule has 0 spiro atoms. The van der Waals surface area contributed by atoms with Gasteiger partial charge in [0.05, 0.1) is 30.3 Å². The van der Waals surface area contributed by atoms with E-state index in [4.69, 9.17) is 4.74 Å². The van der Waals surface area contributed by atoms with Crippen LogP contribution < -0.4 is 0 Å². The van der Waals surface area contributed by atoms with Crippen molar-refractivity contribution in [3.8, 4) is 0 Å². The monoisotopic (exact) mass is 425 g/mol. The molecule has 5 nitrogen and oxygen atoms in total. The molecule has 1 aliphatic rings. The fourth-order valence-corrected chi connectivity index (χ4v) is 4.62. The molecule has 5 heteroatoms. The molecule has 0 aliphatic carbocycles. The summed E-state index contributed by atoms with van der Waals surface area (Å²) in [7, 11) is 0. The Balaban J connectivity index is 1.40. The van der Waals surface area contributed by atoms with Crippen molar-refractivity contribution in [1.29, 1.82) is 0 Å². The Morgan fingerprint density at radius 2 is 1.69 bits per heavy atom. The van der Waals surface area contributed by atoms with E-state index in [0.29, 0.717) is 26.3 Å². The van der Waals surface area contributed by atoms with E-state index in [1.54, 1.807) is 0 Å². The average molecular weight is 426 g/mol. The summed E-state index contributed by atoms with van der Waals surface area (Å²) in [4.78, 5) is 20.5. The van der Waals surface area contributed by atoms with E-state index in [1.807, 2.05) is 90.2 Å². The van der Waals surface area contributed by atoms with Crippen molar-refractivity contribution < 1.29 is 9.53 Å². The van der Waals surface area contributed by atoms with Gasteiger partial charge in [0.25, 0.3) is 0 Å². The first-order valence-corrected chi connectivity index (χ1v) is 11.2. The third kappa shape index (κ3) is 4.30. The van der Waals surface area contributed by atoms with Crippen LogP contribution in [0.15, 0.2) is 91.4 Å². The molecule has 162 valence electrons. The first-order valence-electron chi connectivity index (χ1n) is 11.2. The molecule has 1 saturated heterocycles. The minimum atomic E-state index is -0.316. The average Bonchev–Trinajstić information content (AvgIpc) is 3.20. The lowest BCUT2D eigenvalue weighted by Crippen LogP contribution is -2.40. The summed E-state index contributed by atoms with van der Waals surface area (Å²) in [6.45, 7) is 2.46. The van der Waals surface area contributed by atoms with Gasteiger partial charge in [0.2, 0.25) is 5.91 Å². The maximum atomic E-state index is 13.9. The van der Waals surface area contributed by atoms with Crippen molar-refractivity contribution in [3.63, 3.8) is 0 Å². The number of hydrogen-bond acceptors (Lipinski definition) is 3. The number of nitrogens with zero attached hydrogens (tertiary/aromatic N) is 3. The summed E-state index contributed by atoms with van der Waals surface area (Å²) in [5.41, 5.74) is 4.19. The molecule has 1 unspecified atom stereocenters. The number of fused-ring (bicyclic) bond motifs is 1. The first-order chi connectivity index (χ1) is 15.8. The van der Waals surface area contributed by atoms with Crippen molar-refractivity contribution in [3.05, 3.63) is 108 Å². The quantitative estimate of drug-likeness (QED) is 0.482. The van der Waals surface area contributed by atoms with Crippen molar-refractivity contribution in [2.45, 2.75) is 12.3 Å². The Kier molecular flexibility index (Phi) is 5.99. The second-order valence-electron chi connectivity index (χ2n) is 8.36. The summed E-state index contributed by atoms with van der Waals surface area (Å²) in [5, 5.41) is 0. The lowest BCUT2D eigenvalue weighted by atomic mass is 9.89. The van der Waals surface area contributed by atoms with Gasteiger partial charge in [-0.25, -0.2) is 0 Å². The summed E-state index contributed by atoms with van der Waals surface area (Å²) in [5.74, 6) is 0.0114. The molecule has 2 aromatic carbocycles. The third-order valence-corrected chi connectivity index (χ3v) is 6.18. The number of aromatic nitrogens is 2. The standard InChI is InChI=1S/C27H27N3O2/c31-27(26(22-8-3-1-4-9-22)23-10-5-2-6-11-23)30-16-17-32-20-21(19-30)18-24-25-12-7-14-29(25)15-13-28-24/h1-15,21,26H,16-20H2. The highest BCUT2D eigenvalue weighted by Gasteiger charge is 2.30. The predicted octanol–water partition coefficient (Wildman–Crippen LogP) is 4.18. The highest BCUT2D eigenvalue weighted by atomic mass is 16.5. The minimum absolute atomic E-state index is 0.131. The van der Waals surface area contributed by atoms with Crippen LogP contribution in [0.1, 0.15) is 22.7 Å². The molecule has 1 fully saturated rings. The molecular weight excluding hydrogens is 398 g/mol. The molecule has 2 aromatic heterocycles. The van der Waals surface area contributed by atoms with Crippen molar-refractivity contribution in [2.24, 2.45) is 5.92 Å². The number of carbonyl (C=O) groups is 1. The van der Waals surface area contributed by atoms with Gasteiger partial charge in [-0.1, -0.05) is 60.7 Å². The zero-order valence-corrected chi connectivity index (χ0v) is 18.0. The number of amides is 1. The maximum Gasteiger partial charge on any atom is 0.234 e. The molecule has 1 atom stereocenters. The molecule has 0 N–H and O–H groups in total. The van der Waals surface area contributed by atoms with E-state index in [2.05, 4.69) is 15.5 Å². The summed E-state index contributed by atoms with van der Waals surface area (Å²) >= 11 is 0. The lowest BCUT2D eigenvalue weighted by Gasteiger charge is -2.28. The van der Waals surface area contributed by atoms with Gasteiger partial charge in [-0.05, 0) is 29.7 Å². The Labute approximate surface area is 188 Å². The normalized spacial score (nSPS) is 16.9. The fraction of sp³-hybridized carbons (Fsp3) is 0.259. The molecule has 3 heterocycles. The molecule has 0 bridgehead atoms. The SMILES string of the molecule is O=C(C(c1ccccc1)c1ccccc1)N1CCOCC(Cc2nccn3cccc23)C1. The highest BCUT2D eigenvalue weighted by molar-refractivity contribution is 5.87. The largest absolute Gasteiger partial charge is 0.379 e. The van der Waals surface area contributed by atoms with Gasteiger partial charge < -0.3 is 14.0 Å². The van der Waals surface area contributed by atoms with Crippen LogP contribution in [0.25, 0.3) is 5.52 Å². The van der Waals surface area contributed by atoms with Gasteiger partial charge in [0.15, 0.2) is 0 Å². The van der Waals surface area contributed by atoms with Crippen LogP contribution in [0.3, 0.4) is 0 Å². The predicted molar refractivity (Wildman–Crippen MR) is 125 cm³/mol. The topological polar surface area (TPSA) is 46.8 Å². The maximum absolute atomic E-state index is 13.9. The van der Waals surface area contributed by atoms with Crippen molar-refractivity contribution in [2.75, 3.05) is 26.3 Å². The molecule has 0 radical (unpaired) electrons. The van der Waals surface area contributed by atoms with Crippen LogP contribution in [0, 0.1) is 5.92 Å². The minimum Gasteiger partial charge on any atom is -0.379 e.